The minimum Gasteiger partial charge on any atom is -0.479 e. The van der Waals surface area contributed by atoms with Gasteiger partial charge in [-0.2, -0.15) is 50.5 Å². The third kappa shape index (κ3) is 27.0. The van der Waals surface area contributed by atoms with Crippen molar-refractivity contribution in [1.82, 2.24) is 0 Å². The monoisotopic (exact) mass is 1580 g/mol. The highest BCUT2D eigenvalue weighted by Crippen LogP contribution is 2.40. The summed E-state index contributed by atoms with van der Waals surface area (Å²) in [6.07, 6.45) is -48.4. The lowest BCUT2D eigenvalue weighted by Gasteiger charge is -2.50. The number of ether oxygens (including phenoxy) is 21. The van der Waals surface area contributed by atoms with Gasteiger partial charge < -0.3 is 110 Å². The Labute approximate surface area is 567 Å². The molecule has 0 aromatic heterocycles. The molecule has 24 atom stereocenters. The van der Waals surface area contributed by atoms with Crippen molar-refractivity contribution in [2.24, 2.45) is 5.73 Å². The number of nitrogens with two attached hydrogens (primary N) is 1. The highest BCUT2D eigenvalue weighted by atomic mass is 32.3. The molecular formula is C45H81NO47S6. The summed E-state index contributed by atoms with van der Waals surface area (Å²) in [5.41, 5.74) is 5.39. The maximum absolute atomic E-state index is 13.4. The normalized spacial score (nSPS) is 35.5. The Morgan fingerprint density at radius 3 is 1.13 bits per heavy atom. The molecule has 9 N–H and O–H groups in total. The van der Waals surface area contributed by atoms with Crippen molar-refractivity contribution in [3.63, 3.8) is 0 Å². The second-order valence-electron chi connectivity index (χ2n) is 20.8. The van der Waals surface area contributed by atoms with Crippen molar-refractivity contribution in [2.75, 3.05) is 136 Å². The van der Waals surface area contributed by atoms with Gasteiger partial charge in [0, 0.05) is 63.4 Å². The summed E-state index contributed by atoms with van der Waals surface area (Å²) in [6, 6.07) is 0. The zero-order valence-electron chi connectivity index (χ0n) is 53.3. The lowest BCUT2D eigenvalue weighted by Crippen LogP contribution is -2.69. The number of methoxy groups -OCH3 is 8. The van der Waals surface area contributed by atoms with Crippen molar-refractivity contribution < 1.29 is 212 Å². The molecule has 5 aliphatic heterocycles. The molecule has 0 spiro atoms. The van der Waals surface area contributed by atoms with Crippen LogP contribution in [0.4, 0.5) is 0 Å². The Balaban J connectivity index is 1.49. The summed E-state index contributed by atoms with van der Waals surface area (Å²) < 4.78 is 355. The molecule has 5 heterocycles. The third-order valence-corrected chi connectivity index (χ3v) is 17.3. The average molecular weight is 1580 g/mol. The molecule has 5 fully saturated rings. The van der Waals surface area contributed by atoms with Gasteiger partial charge in [0.05, 0.1) is 72.7 Å². The predicted molar refractivity (Wildman–Crippen MR) is 307 cm³/mol. The largest absolute Gasteiger partial charge is 0.479 e. The average Bonchev–Trinajstić information content (AvgIpc) is 0.778. The van der Waals surface area contributed by atoms with Crippen molar-refractivity contribution in [3.05, 3.63) is 0 Å². The summed E-state index contributed by atoms with van der Waals surface area (Å²) >= 11 is 0. The predicted octanol–water partition coefficient (Wildman–Crippen LogP) is -6.97. The van der Waals surface area contributed by atoms with Gasteiger partial charge in [-0.25, -0.2) is 29.9 Å². The van der Waals surface area contributed by atoms with Crippen LogP contribution in [-0.4, -0.2) is 372 Å². The van der Waals surface area contributed by atoms with E-state index < -0.39 is 242 Å². The van der Waals surface area contributed by atoms with Crippen LogP contribution in [-0.2, 0) is 192 Å². The summed E-state index contributed by atoms with van der Waals surface area (Å²) in [6.45, 7) is -3.64. The standard InChI is InChI=1S/C45H81NO47S6/c1-67-25-21(17-79-42(35(25)71-5)87-27-23(19-81-95(52,53)54)83-41(74-8)38(30(27)69-3)92-98(61,62)63)84-45-39(93-99(64,65)66)33(91-97(58,59)60)28(24(86-45)20-82-96(55,56)57)88-44-37(73-7)31(70-4)32(34(90-44)40(47)48)89-43-36(72-6)29(68-2)26(22(85-43)18-80-94(49,50)51)78-16-15-77-14-13-76-12-11-75-10-9-46/h21-39,41-45H,9-20,46H2,1-8H3,(H,47,48)(H,49,50,51)(H,52,53,54)(H,55,56,57)(H,58,59,60)(H,61,62,63)(H,64,65,66)/t21-,22-,23-,24-,25+,26-,27-,28-,29+,30+,31+,32+,33+,34+,35-,36-,37-,38-,39-,41+,42+,43-,44-,45+/m1/s1. The number of carboxylic acid groups (broad SMARTS) is 1. The number of carboxylic acids is 1. The van der Waals surface area contributed by atoms with Crippen LogP contribution in [0.3, 0.4) is 0 Å². The van der Waals surface area contributed by atoms with Crippen LogP contribution < -0.4 is 5.73 Å². The van der Waals surface area contributed by atoms with E-state index in [4.69, 9.17) is 118 Å². The van der Waals surface area contributed by atoms with Gasteiger partial charge in [0.25, 0.3) is 0 Å². The molecule has 54 heteroatoms. The highest BCUT2D eigenvalue weighted by molar-refractivity contribution is 7.82. The highest BCUT2D eigenvalue weighted by Gasteiger charge is 2.61. The Morgan fingerprint density at radius 1 is 0.364 bits per heavy atom. The van der Waals surface area contributed by atoms with Gasteiger partial charge in [-0.15, -0.1) is 0 Å². The first-order chi connectivity index (χ1) is 46.3. The Morgan fingerprint density at radius 2 is 0.707 bits per heavy atom. The van der Waals surface area contributed by atoms with Gasteiger partial charge in [0.1, 0.15) is 97.7 Å². The van der Waals surface area contributed by atoms with Crippen LogP contribution in [0, 0.1) is 0 Å². The second-order valence-corrected chi connectivity index (χ2v) is 27.2. The molecule has 5 aliphatic rings. The van der Waals surface area contributed by atoms with E-state index in [2.05, 4.69) is 12.5 Å². The first-order valence-corrected chi connectivity index (χ1v) is 36.7. The van der Waals surface area contributed by atoms with Crippen LogP contribution in [0.25, 0.3) is 0 Å². The van der Waals surface area contributed by atoms with Crippen LogP contribution >= 0.6 is 0 Å². The van der Waals surface area contributed by atoms with Gasteiger partial charge in [-0.1, -0.05) is 0 Å². The van der Waals surface area contributed by atoms with E-state index in [0.29, 0.717) is 13.2 Å². The molecule has 0 unspecified atom stereocenters. The van der Waals surface area contributed by atoms with Gasteiger partial charge in [0.15, 0.2) is 49.8 Å². The summed E-state index contributed by atoms with van der Waals surface area (Å²) in [4.78, 5) is 13.4. The third-order valence-electron chi connectivity index (χ3n) is 14.6. The van der Waals surface area contributed by atoms with Gasteiger partial charge in [-0.3, -0.25) is 27.3 Å². The molecular weight excluding hydrogens is 1500 g/mol. The topological polar surface area (TPSA) is 639 Å². The number of rotatable bonds is 44. The molecule has 5 saturated heterocycles. The van der Waals surface area contributed by atoms with Gasteiger partial charge in [0.2, 0.25) is 0 Å². The molecule has 0 aromatic carbocycles. The van der Waals surface area contributed by atoms with Crippen LogP contribution in [0.15, 0.2) is 0 Å². The summed E-state index contributed by atoms with van der Waals surface area (Å²) in [5.74, 6) is -1.95. The van der Waals surface area contributed by atoms with Crippen molar-refractivity contribution >= 4 is 68.4 Å². The second kappa shape index (κ2) is 39.4. The van der Waals surface area contributed by atoms with Crippen LogP contribution in [0.1, 0.15) is 0 Å². The SMILES string of the molecule is CO[C@H]1O[C@H](COS(=O)(=O)O)[C@@H](O[C@@H]2OC[C@@H](O[C@H]3O[C@H](COS(=O)(=O)O)[C@@H](O[C@@H]4O[C@H](C(=O)O)[C@@H](O[C@H]5O[C@H](COS(=O)(=O)O)[C@@H](OCCOCCOCCOCCN)[C@H](OC)[C@H]5OC)[C@H](OC)[C@H]4OC)[C@H](OS(=O)(=O)O)[C@H]3OS(=O)(=O)O)[C@H](OC)[C@H]2OC)[C@H](OC)[C@H]1OS(=O)(=O)O. The fourth-order valence-electron chi connectivity index (χ4n) is 10.8. The van der Waals surface area contributed by atoms with Crippen LogP contribution in [0.5, 0.6) is 0 Å². The van der Waals surface area contributed by atoms with E-state index in [1.54, 1.807) is 0 Å². The number of aliphatic carboxylic acids is 1. The van der Waals surface area contributed by atoms with Crippen molar-refractivity contribution in [2.45, 2.75) is 147 Å². The summed E-state index contributed by atoms with van der Waals surface area (Å²) in [5, 5.41) is 10.8. The van der Waals surface area contributed by atoms with E-state index in [1.807, 2.05) is 0 Å². The van der Waals surface area contributed by atoms with E-state index in [1.165, 1.54) is 0 Å². The number of hydrogen-bond acceptors (Lipinski definition) is 41. The van der Waals surface area contributed by atoms with Gasteiger partial charge >= 0.3 is 68.4 Å². The molecule has 584 valence electrons. The summed E-state index contributed by atoms with van der Waals surface area (Å²) in [7, 11) is -25.5. The molecule has 99 heavy (non-hydrogen) atoms. The molecule has 0 aromatic rings. The van der Waals surface area contributed by atoms with E-state index in [9.17, 15) is 87.7 Å². The molecule has 48 nitrogen and oxygen atoms in total. The number of carbonyl (C=O) groups is 1. The molecule has 5 rings (SSSR count). The first-order valence-electron chi connectivity index (χ1n) is 28.5. The molecule has 0 saturated carbocycles. The quantitative estimate of drug-likeness (QED) is 0.0208. The van der Waals surface area contributed by atoms with Crippen LogP contribution in [0.2, 0.25) is 0 Å². The minimum atomic E-state index is -6.05. The fraction of sp³-hybridized carbons (Fsp3) is 0.978. The Hall–Kier alpha value is -2.19. The van der Waals surface area contributed by atoms with E-state index in [0.717, 1.165) is 56.9 Å². The maximum Gasteiger partial charge on any atom is 0.397 e. The Bertz CT molecular complexity index is 3160. The lowest BCUT2D eigenvalue weighted by molar-refractivity contribution is -0.385. The molecule has 0 amide bonds. The smallest absolute Gasteiger partial charge is 0.397 e. The van der Waals surface area contributed by atoms with Crippen molar-refractivity contribution in [3.8, 4) is 0 Å². The fourth-order valence-corrected chi connectivity index (χ4v) is 13.1. The Kier molecular flexibility index (Phi) is 34.8. The zero-order valence-corrected chi connectivity index (χ0v) is 58.2. The first kappa shape index (κ1) is 87.4. The minimum absolute atomic E-state index is 0.0803. The van der Waals surface area contributed by atoms with E-state index >= 15 is 0 Å². The van der Waals surface area contributed by atoms with Crippen molar-refractivity contribution in [1.29, 1.82) is 0 Å². The van der Waals surface area contributed by atoms with E-state index in [-0.39, 0.29) is 39.6 Å². The number of hydrogen-bond donors (Lipinski definition) is 8. The van der Waals surface area contributed by atoms with Gasteiger partial charge in [-0.05, 0) is 0 Å². The molecule has 0 bridgehead atoms. The molecule has 0 radical (unpaired) electrons. The molecule has 0 aliphatic carbocycles. The maximum atomic E-state index is 13.4. The zero-order chi connectivity index (χ0) is 74.0. The lowest BCUT2D eigenvalue weighted by atomic mass is 9.95.